The Balaban J connectivity index is 3.88. The van der Waals surface area contributed by atoms with Crippen LogP contribution in [0, 0.1) is 11.8 Å². The summed E-state index contributed by atoms with van der Waals surface area (Å²) in [5, 5.41) is 0. The first kappa shape index (κ1) is 16.0. The third-order valence-corrected chi connectivity index (χ3v) is 2.19. The van der Waals surface area contributed by atoms with E-state index in [0.29, 0.717) is 11.1 Å². The summed E-state index contributed by atoms with van der Waals surface area (Å²) in [7, 11) is 0. The van der Waals surface area contributed by atoms with Crippen LogP contribution >= 0.6 is 0 Å². The van der Waals surface area contributed by atoms with E-state index in [0.717, 1.165) is 0 Å². The molecule has 0 spiro atoms. The molecule has 0 unspecified atom stereocenters. The zero-order valence-corrected chi connectivity index (χ0v) is 11.2. The molecule has 0 aliphatic rings. The van der Waals surface area contributed by atoms with Crippen molar-refractivity contribution in [1.82, 2.24) is 0 Å². The van der Waals surface area contributed by atoms with Gasteiger partial charge in [0.1, 0.15) is 0 Å². The van der Waals surface area contributed by atoms with Crippen LogP contribution in [0.4, 0.5) is 0 Å². The molecule has 4 heteroatoms. The predicted octanol–water partition coefficient (Wildman–Crippen LogP) is 2.01. The van der Waals surface area contributed by atoms with Gasteiger partial charge >= 0.3 is 11.9 Å². The van der Waals surface area contributed by atoms with Gasteiger partial charge in [0.2, 0.25) is 0 Å². The summed E-state index contributed by atoms with van der Waals surface area (Å²) in [6.45, 7) is 6.82. The molecule has 4 nitrogen and oxygen atoms in total. The van der Waals surface area contributed by atoms with E-state index in [2.05, 4.69) is 11.8 Å². The van der Waals surface area contributed by atoms with Gasteiger partial charge in [-0.2, -0.15) is 0 Å². The number of hydrogen-bond donors (Lipinski definition) is 0. The molecule has 0 radical (unpaired) electrons. The van der Waals surface area contributed by atoms with E-state index < -0.39 is 11.9 Å². The van der Waals surface area contributed by atoms with Crippen molar-refractivity contribution < 1.29 is 19.1 Å². The minimum atomic E-state index is -0.395. The first-order chi connectivity index (χ1) is 8.52. The first-order valence-corrected chi connectivity index (χ1v) is 5.58. The van der Waals surface area contributed by atoms with Gasteiger partial charge in [0.25, 0.3) is 0 Å². The second-order valence-electron chi connectivity index (χ2n) is 3.45. The molecule has 0 aromatic carbocycles. The lowest BCUT2D eigenvalue weighted by Gasteiger charge is -2.00. The summed E-state index contributed by atoms with van der Waals surface area (Å²) in [6, 6.07) is 0. The molecule has 98 valence electrons. The van der Waals surface area contributed by atoms with Crippen LogP contribution in [0.15, 0.2) is 23.3 Å². The summed E-state index contributed by atoms with van der Waals surface area (Å²) >= 11 is 0. The molecule has 0 aliphatic heterocycles. The van der Waals surface area contributed by atoms with Gasteiger partial charge in [-0.15, -0.1) is 0 Å². The molecule has 0 atom stereocenters. The minimum Gasteiger partial charge on any atom is -0.449 e. The minimum absolute atomic E-state index is 0.00976. The second kappa shape index (κ2) is 9.06. The molecule has 0 aromatic heterocycles. The molecule has 0 saturated heterocycles. The van der Waals surface area contributed by atoms with Gasteiger partial charge in [-0.1, -0.05) is 24.0 Å². The lowest BCUT2D eigenvalue weighted by molar-refractivity contribution is -0.138. The Labute approximate surface area is 108 Å². The van der Waals surface area contributed by atoms with Crippen molar-refractivity contribution >= 4 is 11.9 Å². The van der Waals surface area contributed by atoms with E-state index in [4.69, 9.17) is 9.47 Å². The molecule has 0 rings (SSSR count). The first-order valence-electron chi connectivity index (χ1n) is 5.58. The lowest BCUT2D eigenvalue weighted by Crippen LogP contribution is -2.07. The molecule has 0 heterocycles. The maximum Gasteiger partial charge on any atom is 0.334 e. The highest BCUT2D eigenvalue weighted by atomic mass is 16.5. The van der Waals surface area contributed by atoms with Gasteiger partial charge in [0.15, 0.2) is 13.2 Å². The van der Waals surface area contributed by atoms with Crippen molar-refractivity contribution in [3.63, 3.8) is 0 Å². The molecule has 0 aromatic rings. The quantitative estimate of drug-likeness (QED) is 0.435. The van der Waals surface area contributed by atoms with Crippen molar-refractivity contribution in [3.8, 4) is 11.8 Å². The van der Waals surface area contributed by atoms with Crippen molar-refractivity contribution in [2.24, 2.45) is 0 Å². The number of allylic oxidation sites excluding steroid dienone is 2. The van der Waals surface area contributed by atoms with Gasteiger partial charge in [0.05, 0.1) is 0 Å². The van der Waals surface area contributed by atoms with E-state index in [1.165, 1.54) is 0 Å². The highest BCUT2D eigenvalue weighted by Gasteiger charge is 2.03. The maximum atomic E-state index is 11.2. The Morgan fingerprint density at radius 3 is 1.50 bits per heavy atom. The van der Waals surface area contributed by atoms with Gasteiger partial charge < -0.3 is 9.47 Å². The monoisotopic (exact) mass is 250 g/mol. The average Bonchev–Trinajstić information content (AvgIpc) is 2.39. The van der Waals surface area contributed by atoms with Gasteiger partial charge in [0, 0.05) is 11.1 Å². The molecule has 0 amide bonds. The number of carbonyl (C=O) groups is 2. The topological polar surface area (TPSA) is 52.6 Å². The molecule has 0 aliphatic carbocycles. The SMILES string of the molecule is CC=C(C)C(=O)OCC#CCOC(=O)C(C)=CC. The van der Waals surface area contributed by atoms with E-state index in [9.17, 15) is 9.59 Å². The Hall–Kier alpha value is -2.02. The fourth-order valence-electron chi connectivity index (χ4n) is 0.769. The molecular formula is C14H18O4. The van der Waals surface area contributed by atoms with Crippen molar-refractivity contribution in [1.29, 1.82) is 0 Å². The number of rotatable bonds is 4. The number of ether oxygens (including phenoxy) is 2. The fraction of sp³-hybridized carbons (Fsp3) is 0.429. The number of hydrogen-bond acceptors (Lipinski definition) is 4. The summed E-state index contributed by atoms with van der Waals surface area (Å²) in [4.78, 5) is 22.4. The molecule has 0 fully saturated rings. The lowest BCUT2D eigenvalue weighted by atomic mass is 10.3. The van der Waals surface area contributed by atoms with Crippen LogP contribution in [0.1, 0.15) is 27.7 Å². The van der Waals surface area contributed by atoms with Crippen LogP contribution < -0.4 is 0 Å². The summed E-state index contributed by atoms with van der Waals surface area (Å²) in [5.41, 5.74) is 1.07. The summed E-state index contributed by atoms with van der Waals surface area (Å²) in [6.07, 6.45) is 3.33. The molecule has 18 heavy (non-hydrogen) atoms. The molecule has 0 bridgehead atoms. The van der Waals surface area contributed by atoms with Crippen LogP contribution in [0.2, 0.25) is 0 Å². The highest BCUT2D eigenvalue weighted by molar-refractivity contribution is 5.88. The van der Waals surface area contributed by atoms with Crippen LogP contribution in [0.25, 0.3) is 0 Å². The second-order valence-corrected chi connectivity index (χ2v) is 3.45. The number of esters is 2. The van der Waals surface area contributed by atoms with Crippen LogP contribution in [0.3, 0.4) is 0 Å². The summed E-state index contributed by atoms with van der Waals surface area (Å²) < 4.78 is 9.68. The standard InChI is InChI=1S/C14H18O4/c1-5-11(3)13(15)17-9-7-8-10-18-14(16)12(4)6-2/h5-6H,9-10H2,1-4H3. The van der Waals surface area contributed by atoms with Gasteiger partial charge in [-0.05, 0) is 27.7 Å². The highest BCUT2D eigenvalue weighted by Crippen LogP contribution is 1.95. The molecule has 0 saturated carbocycles. The predicted molar refractivity (Wildman–Crippen MR) is 68.6 cm³/mol. The average molecular weight is 250 g/mol. The summed E-state index contributed by atoms with van der Waals surface area (Å²) in [5.74, 6) is 4.39. The smallest absolute Gasteiger partial charge is 0.334 e. The normalized spacial score (nSPS) is 11.3. The number of carbonyl (C=O) groups excluding carboxylic acids is 2. The van der Waals surface area contributed by atoms with Gasteiger partial charge in [-0.3, -0.25) is 0 Å². The third-order valence-electron chi connectivity index (χ3n) is 2.19. The largest absolute Gasteiger partial charge is 0.449 e. The maximum absolute atomic E-state index is 11.2. The van der Waals surface area contributed by atoms with E-state index >= 15 is 0 Å². The van der Waals surface area contributed by atoms with Crippen LogP contribution in [0.5, 0.6) is 0 Å². The zero-order chi connectivity index (χ0) is 14.0. The van der Waals surface area contributed by atoms with E-state index in [1.807, 2.05) is 0 Å². The van der Waals surface area contributed by atoms with Gasteiger partial charge in [-0.25, -0.2) is 9.59 Å². The zero-order valence-electron chi connectivity index (χ0n) is 11.2. The van der Waals surface area contributed by atoms with Crippen molar-refractivity contribution in [3.05, 3.63) is 23.3 Å². The Kier molecular flexibility index (Phi) is 8.04. The Bertz CT molecular complexity index is 381. The van der Waals surface area contributed by atoms with Crippen LogP contribution in [-0.4, -0.2) is 25.2 Å². The van der Waals surface area contributed by atoms with E-state index in [1.54, 1.807) is 39.8 Å². The molecular weight excluding hydrogens is 232 g/mol. The van der Waals surface area contributed by atoms with Crippen molar-refractivity contribution in [2.45, 2.75) is 27.7 Å². The molecule has 0 N–H and O–H groups in total. The fourth-order valence-corrected chi connectivity index (χ4v) is 0.769. The van der Waals surface area contributed by atoms with E-state index in [-0.39, 0.29) is 13.2 Å². The Morgan fingerprint density at radius 2 is 1.22 bits per heavy atom. The third kappa shape index (κ3) is 6.54. The van der Waals surface area contributed by atoms with Crippen LogP contribution in [-0.2, 0) is 19.1 Å². The Morgan fingerprint density at radius 1 is 0.889 bits per heavy atom. The van der Waals surface area contributed by atoms with Crippen molar-refractivity contribution in [2.75, 3.05) is 13.2 Å².